The summed E-state index contributed by atoms with van der Waals surface area (Å²) in [5, 5.41) is 19.3. The first-order chi connectivity index (χ1) is 41.0. The largest absolute Gasteiger partial charge is 0.391 e. The van der Waals surface area contributed by atoms with Crippen LogP contribution in [0.2, 0.25) is 0 Å². The number of amides is 12. The molecule has 3 rings (SSSR count). The summed E-state index contributed by atoms with van der Waals surface area (Å²) in [5.74, 6) is -8.67. The van der Waals surface area contributed by atoms with Crippen molar-refractivity contribution in [1.82, 2.24) is 60.0 Å². The summed E-state index contributed by atoms with van der Waals surface area (Å²) in [5.41, 5.74) is 0.628. The van der Waals surface area contributed by atoms with Crippen LogP contribution >= 0.6 is 0 Å². The van der Waals surface area contributed by atoms with Crippen molar-refractivity contribution in [2.45, 2.75) is 200 Å². The lowest BCUT2D eigenvalue weighted by Gasteiger charge is -2.40. The number of hydrogen-bond acceptors (Lipinski definition) is 13. The molecule has 494 valence electrons. The fourth-order valence-electron chi connectivity index (χ4n) is 11.1. The number of nitrogens with one attached hydrogen (secondary N) is 3. The molecule has 88 heavy (non-hydrogen) atoms. The average Bonchev–Trinajstić information content (AvgIpc) is 3.21. The lowest BCUT2D eigenvalue weighted by molar-refractivity contribution is -0.154. The van der Waals surface area contributed by atoms with Crippen molar-refractivity contribution in [2.75, 3.05) is 76.0 Å². The monoisotopic (exact) mass is 1240 g/mol. The van der Waals surface area contributed by atoms with Gasteiger partial charge in [-0.25, -0.2) is 0 Å². The van der Waals surface area contributed by atoms with Crippen LogP contribution in [0.25, 0.3) is 0 Å². The normalized spacial score (nSPS) is 27.2. The number of benzene rings is 1. The second kappa shape index (κ2) is 34.0. The highest BCUT2D eigenvalue weighted by Gasteiger charge is 2.44. The van der Waals surface area contributed by atoms with Crippen LogP contribution in [0.15, 0.2) is 30.3 Å². The molecule has 0 bridgehead atoms. The highest BCUT2D eigenvalue weighted by atomic mass is 16.3. The van der Waals surface area contributed by atoms with Crippen LogP contribution in [0.3, 0.4) is 0 Å². The fraction of sp³-hybridized carbons (Fsp3) is 0.714. The van der Waals surface area contributed by atoms with Crippen LogP contribution in [0.4, 0.5) is 0 Å². The van der Waals surface area contributed by atoms with Gasteiger partial charge in [-0.15, -0.1) is 0 Å². The quantitative estimate of drug-likeness (QED) is 0.272. The summed E-state index contributed by atoms with van der Waals surface area (Å²) in [4.78, 5) is 184. The van der Waals surface area contributed by atoms with Crippen LogP contribution in [0.1, 0.15) is 133 Å². The van der Waals surface area contributed by atoms with Crippen LogP contribution in [0.5, 0.6) is 0 Å². The maximum atomic E-state index is 15.1. The zero-order chi connectivity index (χ0) is 66.9. The number of aliphatic hydroxyl groups excluding tert-OH is 1. The second-order valence-corrected chi connectivity index (χ2v) is 25.4. The number of nitrogens with zero attached hydrogens (tertiary/aromatic N) is 9. The zero-order valence-corrected chi connectivity index (χ0v) is 55.8. The Morgan fingerprint density at radius 2 is 0.989 bits per heavy atom. The third-order valence-electron chi connectivity index (χ3n) is 17.3. The van der Waals surface area contributed by atoms with Gasteiger partial charge in [0.1, 0.15) is 60.4 Å². The Morgan fingerprint density at radius 3 is 1.51 bits per heavy atom. The molecule has 0 unspecified atom stereocenters. The number of aliphatic hydroxyl groups is 1. The molecule has 2 aliphatic heterocycles. The zero-order valence-electron chi connectivity index (χ0n) is 55.8. The highest BCUT2D eigenvalue weighted by molar-refractivity contribution is 5.99. The summed E-state index contributed by atoms with van der Waals surface area (Å²) in [6.07, 6.45) is 0.585. The molecule has 1 aromatic rings. The summed E-state index contributed by atoms with van der Waals surface area (Å²) in [6, 6.07) is -3.91. The SMILES string of the molecule is CC(C)C[C@H]1C(=O)N(C)[C@@H](Cc2ccccc2)C(=O)N[C@@H]([C@@H](C)O)C(=O)N(C)[C@@H](C)C(=O)N(C)[C@@H](CC(C)C)C(=O)N(C)[C@@H](C)C(=O)N[C@H](C(=O)N2CCCCC2)CC(=O)N(C)CCCC(=O)N(C)[C@@H](C)C(=O)N[C@@H](C)C(=O)N(C)[C@@H](C(C)C)C(=O)N1C. The number of hydrogen-bond donors (Lipinski definition) is 4. The molecule has 2 aliphatic rings. The number of likely N-dealkylation sites (tertiary alicyclic amines) is 1. The van der Waals surface area contributed by atoms with Crippen LogP contribution < -0.4 is 16.0 Å². The predicted octanol–water partition coefficient (Wildman–Crippen LogP) is 1.34. The molecule has 0 aliphatic carbocycles. The van der Waals surface area contributed by atoms with Gasteiger partial charge < -0.3 is 65.2 Å². The van der Waals surface area contributed by atoms with Gasteiger partial charge in [-0.2, -0.15) is 0 Å². The van der Waals surface area contributed by atoms with Gasteiger partial charge in [0.15, 0.2) is 0 Å². The number of piperidine rings is 1. The van der Waals surface area contributed by atoms with Crippen molar-refractivity contribution in [3.8, 4) is 0 Å². The lowest BCUT2D eigenvalue weighted by atomic mass is 9.96. The molecule has 12 amide bonds. The molecular weight excluding hydrogens is 1130 g/mol. The van der Waals surface area contributed by atoms with E-state index in [1.54, 1.807) is 49.1 Å². The molecule has 2 saturated heterocycles. The Morgan fingerprint density at radius 1 is 0.500 bits per heavy atom. The average molecular weight is 1240 g/mol. The number of rotatable bonds is 9. The summed E-state index contributed by atoms with van der Waals surface area (Å²) in [7, 11) is 11.3. The van der Waals surface area contributed by atoms with Gasteiger partial charge in [0.2, 0.25) is 70.9 Å². The first kappa shape index (κ1) is 75.1. The molecule has 2 heterocycles. The van der Waals surface area contributed by atoms with E-state index in [1.807, 2.05) is 27.7 Å². The van der Waals surface area contributed by atoms with E-state index < -0.39 is 150 Å². The molecule has 2 fully saturated rings. The minimum Gasteiger partial charge on any atom is -0.391 e. The first-order valence-electron chi connectivity index (χ1n) is 31.0. The smallest absolute Gasteiger partial charge is 0.248 e. The number of carbonyl (C=O) groups is 12. The molecule has 25 nitrogen and oxygen atoms in total. The third-order valence-corrected chi connectivity index (χ3v) is 17.3. The van der Waals surface area contributed by atoms with E-state index in [9.17, 15) is 57.8 Å². The molecule has 0 aromatic heterocycles. The Hall–Kier alpha value is -7.18. The molecule has 11 atom stereocenters. The molecule has 25 heteroatoms. The van der Waals surface area contributed by atoms with Gasteiger partial charge in [0, 0.05) is 88.9 Å². The molecule has 4 N–H and O–H groups in total. The Balaban J connectivity index is 2.19. The van der Waals surface area contributed by atoms with E-state index in [-0.39, 0.29) is 50.5 Å². The van der Waals surface area contributed by atoms with Gasteiger partial charge >= 0.3 is 0 Å². The minimum atomic E-state index is -1.68. The van der Waals surface area contributed by atoms with Gasteiger partial charge in [-0.1, -0.05) is 71.9 Å². The lowest BCUT2D eigenvalue weighted by Crippen LogP contribution is -2.62. The van der Waals surface area contributed by atoms with Crippen molar-refractivity contribution in [3.05, 3.63) is 35.9 Å². The van der Waals surface area contributed by atoms with E-state index in [0.717, 1.165) is 29.1 Å². The molecule has 0 saturated carbocycles. The summed E-state index contributed by atoms with van der Waals surface area (Å²) >= 11 is 0. The molecule has 0 spiro atoms. The number of carbonyl (C=O) groups excluding carboxylic acids is 12. The second-order valence-electron chi connectivity index (χ2n) is 25.4. The van der Waals surface area contributed by atoms with Crippen molar-refractivity contribution in [3.63, 3.8) is 0 Å². The minimum absolute atomic E-state index is 0.0651. The van der Waals surface area contributed by atoms with Crippen molar-refractivity contribution >= 4 is 70.9 Å². The third kappa shape index (κ3) is 19.9. The van der Waals surface area contributed by atoms with Gasteiger partial charge in [-0.3, -0.25) is 57.5 Å². The van der Waals surface area contributed by atoms with E-state index in [4.69, 9.17) is 0 Å². The molecular formula is C63H104N12O13. The molecule has 0 radical (unpaired) electrons. The van der Waals surface area contributed by atoms with Crippen LogP contribution in [0, 0.1) is 17.8 Å². The van der Waals surface area contributed by atoms with Gasteiger partial charge in [0.25, 0.3) is 0 Å². The Labute approximate surface area is 521 Å². The van der Waals surface area contributed by atoms with Crippen molar-refractivity contribution in [2.24, 2.45) is 17.8 Å². The summed E-state index contributed by atoms with van der Waals surface area (Å²) < 4.78 is 0. The van der Waals surface area contributed by atoms with E-state index in [1.165, 1.54) is 120 Å². The standard InChI is InChI=1S/C63H104N12O13/c1-37(2)33-48-60(85)69(14)42(9)55(80)65-46(59(84)75-31-24-21-25-32-75)36-51(78)67(12)30-26-29-50(77)68(13)41(8)54(79)64-40(7)57(82)74(19)53(39(5)6)63(88)73(18)49(34-38(3)4)61(86)71(16)47(35-45-27-22-20-23-28-45)56(81)66-52(44(11)76)62(87)70(15)43(10)58(83)72(48)17/h20,22-23,27-28,37-44,46-49,52-53,76H,21,24-26,29-36H2,1-19H3,(H,64,79)(H,65,80)(H,66,81)/t40-,41-,42-,43-,44+,46-,47-,48-,49-,52-,53-/m0/s1. The maximum Gasteiger partial charge on any atom is 0.248 e. The van der Waals surface area contributed by atoms with Crippen molar-refractivity contribution in [1.29, 1.82) is 0 Å². The van der Waals surface area contributed by atoms with Crippen LogP contribution in [-0.4, -0.2) is 263 Å². The molecule has 1 aromatic carbocycles. The summed E-state index contributed by atoms with van der Waals surface area (Å²) in [6.45, 7) is 18.9. The van der Waals surface area contributed by atoms with E-state index in [0.29, 0.717) is 18.7 Å². The Bertz CT molecular complexity index is 2610. The van der Waals surface area contributed by atoms with Crippen LogP contribution in [-0.2, 0) is 64.0 Å². The predicted molar refractivity (Wildman–Crippen MR) is 332 cm³/mol. The van der Waals surface area contributed by atoms with E-state index >= 15 is 4.79 Å². The maximum absolute atomic E-state index is 15.1. The Kier molecular flexibility index (Phi) is 29.0. The van der Waals surface area contributed by atoms with Crippen molar-refractivity contribution < 1.29 is 62.6 Å². The van der Waals surface area contributed by atoms with Gasteiger partial charge in [0.05, 0.1) is 12.5 Å². The van der Waals surface area contributed by atoms with E-state index in [2.05, 4.69) is 16.0 Å². The topological polar surface area (TPSA) is 290 Å². The first-order valence-corrected chi connectivity index (χ1v) is 31.0. The fourth-order valence-corrected chi connectivity index (χ4v) is 11.1. The van der Waals surface area contributed by atoms with Gasteiger partial charge in [-0.05, 0) is 96.5 Å². The number of likely N-dealkylation sites (N-methyl/N-ethyl adjacent to an activating group) is 7. The highest BCUT2D eigenvalue weighted by Crippen LogP contribution is 2.23.